The van der Waals surface area contributed by atoms with Gasteiger partial charge in [-0.2, -0.15) is 4.31 Å². The minimum absolute atomic E-state index is 0.0672. The van der Waals surface area contributed by atoms with E-state index in [-0.39, 0.29) is 29.2 Å². The summed E-state index contributed by atoms with van der Waals surface area (Å²) in [5, 5.41) is 5.86. The van der Waals surface area contributed by atoms with E-state index < -0.39 is 15.4 Å². The molecule has 2 fully saturated rings. The molecule has 0 aliphatic heterocycles. The second kappa shape index (κ2) is 8.83. The summed E-state index contributed by atoms with van der Waals surface area (Å²) in [7, 11) is -3.60. The molecule has 0 heterocycles. The van der Waals surface area contributed by atoms with Crippen molar-refractivity contribution in [2.45, 2.75) is 69.7 Å². The highest BCUT2D eigenvalue weighted by Crippen LogP contribution is 2.42. The van der Waals surface area contributed by atoms with E-state index in [1.54, 1.807) is 26.0 Å². The summed E-state index contributed by atoms with van der Waals surface area (Å²) >= 11 is 0. The Kier molecular flexibility index (Phi) is 6.63. The first-order chi connectivity index (χ1) is 13.8. The third-order valence-corrected chi connectivity index (χ3v) is 7.96. The number of rotatable bonds is 9. The summed E-state index contributed by atoms with van der Waals surface area (Å²) in [5.41, 5.74) is -0.274. The predicted molar refractivity (Wildman–Crippen MR) is 112 cm³/mol. The highest BCUT2D eigenvalue weighted by Gasteiger charge is 2.43. The van der Waals surface area contributed by atoms with E-state index in [9.17, 15) is 18.0 Å². The van der Waals surface area contributed by atoms with Crippen LogP contribution in [0.25, 0.3) is 0 Å². The van der Waals surface area contributed by atoms with Crippen molar-refractivity contribution in [1.82, 2.24) is 9.62 Å². The molecule has 7 nitrogen and oxygen atoms in total. The lowest BCUT2D eigenvalue weighted by molar-refractivity contribution is -0.132. The van der Waals surface area contributed by atoms with E-state index in [2.05, 4.69) is 10.6 Å². The van der Waals surface area contributed by atoms with Crippen molar-refractivity contribution in [3.05, 3.63) is 24.3 Å². The first kappa shape index (κ1) is 21.8. The number of sulfonamides is 1. The Labute approximate surface area is 173 Å². The van der Waals surface area contributed by atoms with Gasteiger partial charge in [0, 0.05) is 31.2 Å². The van der Waals surface area contributed by atoms with Gasteiger partial charge in [0.1, 0.15) is 0 Å². The third-order valence-electron chi connectivity index (χ3n) is 5.92. The van der Waals surface area contributed by atoms with Crippen molar-refractivity contribution in [2.24, 2.45) is 5.41 Å². The number of benzene rings is 1. The van der Waals surface area contributed by atoms with Crippen LogP contribution in [-0.2, 0) is 19.6 Å². The smallest absolute Gasteiger partial charge is 0.243 e. The van der Waals surface area contributed by atoms with Crippen LogP contribution in [0.15, 0.2) is 29.2 Å². The molecule has 0 bridgehead atoms. The second-order valence-electron chi connectivity index (χ2n) is 8.08. The summed E-state index contributed by atoms with van der Waals surface area (Å²) in [4.78, 5) is 25.7. The topological polar surface area (TPSA) is 95.6 Å². The van der Waals surface area contributed by atoms with Gasteiger partial charge in [-0.05, 0) is 43.9 Å². The lowest BCUT2D eigenvalue weighted by atomic mass is 9.81. The molecule has 0 atom stereocenters. The SMILES string of the molecule is CCN(CC)S(=O)(=O)c1cccc(NC(=O)C2(CC(=O)NC3CC3)CCCC2)c1. The number of carbonyl (C=O) groups is 2. The summed E-state index contributed by atoms with van der Waals surface area (Å²) in [6.07, 6.45) is 5.40. The Morgan fingerprint density at radius 1 is 1.14 bits per heavy atom. The van der Waals surface area contributed by atoms with E-state index in [1.165, 1.54) is 16.4 Å². The van der Waals surface area contributed by atoms with Crippen LogP contribution in [-0.4, -0.2) is 43.7 Å². The van der Waals surface area contributed by atoms with Crippen molar-refractivity contribution >= 4 is 27.5 Å². The molecule has 0 aromatic heterocycles. The van der Waals surface area contributed by atoms with Crippen molar-refractivity contribution in [2.75, 3.05) is 18.4 Å². The van der Waals surface area contributed by atoms with Gasteiger partial charge >= 0.3 is 0 Å². The van der Waals surface area contributed by atoms with Crippen molar-refractivity contribution in [3.8, 4) is 0 Å². The van der Waals surface area contributed by atoms with Crippen LogP contribution in [0.3, 0.4) is 0 Å². The Hall–Kier alpha value is -1.93. The van der Waals surface area contributed by atoms with E-state index in [0.717, 1.165) is 25.7 Å². The maximum absolute atomic E-state index is 13.1. The molecule has 0 saturated heterocycles. The zero-order chi connectivity index (χ0) is 21.1. The number of nitrogens with zero attached hydrogens (tertiary/aromatic N) is 1. The molecule has 1 aromatic carbocycles. The Balaban J connectivity index is 1.75. The third kappa shape index (κ3) is 4.98. The van der Waals surface area contributed by atoms with E-state index >= 15 is 0 Å². The van der Waals surface area contributed by atoms with Crippen LogP contribution in [0.5, 0.6) is 0 Å². The van der Waals surface area contributed by atoms with E-state index in [4.69, 9.17) is 0 Å². The minimum Gasteiger partial charge on any atom is -0.353 e. The number of hydrogen-bond acceptors (Lipinski definition) is 4. The van der Waals surface area contributed by atoms with Gasteiger partial charge in [-0.25, -0.2) is 8.42 Å². The highest BCUT2D eigenvalue weighted by atomic mass is 32.2. The van der Waals surface area contributed by atoms with Gasteiger partial charge in [-0.3, -0.25) is 9.59 Å². The molecule has 1 aromatic rings. The number of hydrogen-bond donors (Lipinski definition) is 2. The zero-order valence-corrected chi connectivity index (χ0v) is 18.1. The fourth-order valence-electron chi connectivity index (χ4n) is 4.06. The Morgan fingerprint density at radius 3 is 2.38 bits per heavy atom. The van der Waals surface area contributed by atoms with Crippen molar-refractivity contribution < 1.29 is 18.0 Å². The molecule has 0 spiro atoms. The van der Waals surface area contributed by atoms with E-state index in [0.29, 0.717) is 31.6 Å². The average Bonchev–Trinajstić information content (AvgIpc) is 3.36. The maximum atomic E-state index is 13.1. The fourth-order valence-corrected chi connectivity index (χ4v) is 5.56. The molecule has 2 amide bonds. The molecule has 3 rings (SSSR count). The minimum atomic E-state index is -3.60. The van der Waals surface area contributed by atoms with Crippen LogP contribution in [0.4, 0.5) is 5.69 Å². The molecule has 160 valence electrons. The monoisotopic (exact) mass is 421 g/mol. The normalized spacial score (nSPS) is 18.6. The van der Waals surface area contributed by atoms with Crippen LogP contribution in [0.2, 0.25) is 0 Å². The summed E-state index contributed by atoms with van der Waals surface area (Å²) in [6.45, 7) is 4.36. The fraction of sp³-hybridized carbons (Fsp3) is 0.619. The molecule has 8 heteroatoms. The zero-order valence-electron chi connectivity index (χ0n) is 17.2. The molecule has 2 aliphatic carbocycles. The second-order valence-corrected chi connectivity index (χ2v) is 10.0. The highest BCUT2D eigenvalue weighted by molar-refractivity contribution is 7.89. The number of anilines is 1. The standard InChI is InChI=1S/C21H31N3O4S/c1-3-24(4-2)29(27,28)18-9-7-8-17(14-18)23-20(26)21(12-5-6-13-21)15-19(25)22-16-10-11-16/h7-9,14,16H,3-6,10-13,15H2,1-2H3,(H,22,25)(H,23,26). The number of nitrogens with one attached hydrogen (secondary N) is 2. The van der Waals surface area contributed by atoms with Gasteiger partial charge in [0.25, 0.3) is 0 Å². The summed E-state index contributed by atoms with van der Waals surface area (Å²) in [6, 6.07) is 6.63. The maximum Gasteiger partial charge on any atom is 0.243 e. The van der Waals surface area contributed by atoms with Crippen molar-refractivity contribution in [3.63, 3.8) is 0 Å². The van der Waals surface area contributed by atoms with Gasteiger partial charge in [-0.15, -0.1) is 0 Å². The molecule has 0 radical (unpaired) electrons. The quantitative estimate of drug-likeness (QED) is 0.641. The molecule has 2 saturated carbocycles. The Bertz CT molecular complexity index is 854. The molecular formula is C21H31N3O4S. The van der Waals surface area contributed by atoms with E-state index in [1.807, 2.05) is 0 Å². The lowest BCUT2D eigenvalue weighted by Gasteiger charge is -2.27. The number of carbonyl (C=O) groups excluding carboxylic acids is 2. The average molecular weight is 422 g/mol. The first-order valence-corrected chi connectivity index (χ1v) is 12.0. The van der Waals surface area contributed by atoms with Crippen LogP contribution < -0.4 is 10.6 Å². The van der Waals surface area contributed by atoms with Gasteiger partial charge in [0.15, 0.2) is 0 Å². The largest absolute Gasteiger partial charge is 0.353 e. The van der Waals surface area contributed by atoms with Crippen molar-refractivity contribution in [1.29, 1.82) is 0 Å². The molecule has 0 unspecified atom stereocenters. The van der Waals surface area contributed by atoms with Crippen LogP contribution >= 0.6 is 0 Å². The van der Waals surface area contributed by atoms with Crippen LogP contribution in [0, 0.1) is 5.41 Å². The Morgan fingerprint density at radius 2 is 1.79 bits per heavy atom. The van der Waals surface area contributed by atoms with Gasteiger partial charge in [-0.1, -0.05) is 32.8 Å². The number of amides is 2. The molecule has 2 N–H and O–H groups in total. The predicted octanol–water partition coefficient (Wildman–Crippen LogP) is 2.88. The van der Waals surface area contributed by atoms with Gasteiger partial charge in [0.05, 0.1) is 10.3 Å². The summed E-state index contributed by atoms with van der Waals surface area (Å²) < 4.78 is 26.9. The molecule has 29 heavy (non-hydrogen) atoms. The van der Waals surface area contributed by atoms with Crippen LogP contribution in [0.1, 0.15) is 58.8 Å². The lowest BCUT2D eigenvalue weighted by Crippen LogP contribution is -2.39. The summed E-state index contributed by atoms with van der Waals surface area (Å²) in [5.74, 6) is -0.263. The van der Waals surface area contributed by atoms with Gasteiger partial charge in [0.2, 0.25) is 21.8 Å². The molecular weight excluding hydrogens is 390 g/mol. The molecule has 2 aliphatic rings. The van der Waals surface area contributed by atoms with Gasteiger partial charge < -0.3 is 10.6 Å². The first-order valence-electron chi connectivity index (χ1n) is 10.5.